The summed E-state index contributed by atoms with van der Waals surface area (Å²) >= 11 is 0. The van der Waals surface area contributed by atoms with Crippen LogP contribution in [0.5, 0.6) is 5.75 Å². The van der Waals surface area contributed by atoms with Crippen molar-refractivity contribution in [2.24, 2.45) is 5.10 Å². The van der Waals surface area contributed by atoms with E-state index in [0.29, 0.717) is 24.1 Å². The molecule has 2 aromatic carbocycles. The predicted molar refractivity (Wildman–Crippen MR) is 101 cm³/mol. The highest BCUT2D eigenvalue weighted by molar-refractivity contribution is 5.94. The number of hydrogen-bond donors (Lipinski definition) is 3. The van der Waals surface area contributed by atoms with Gasteiger partial charge in [-0.2, -0.15) is 5.10 Å². The number of unbranched alkanes of at least 4 members (excludes halogenated alkanes) is 2. The Labute approximate surface area is 152 Å². The Morgan fingerprint density at radius 1 is 0.962 bits per heavy atom. The molecule has 0 unspecified atom stereocenters. The average Bonchev–Trinajstić information content (AvgIpc) is 2.66. The van der Waals surface area contributed by atoms with E-state index in [2.05, 4.69) is 15.8 Å². The van der Waals surface area contributed by atoms with Gasteiger partial charge in [-0.25, -0.2) is 5.43 Å². The van der Waals surface area contributed by atoms with Crippen molar-refractivity contribution in [3.63, 3.8) is 0 Å². The summed E-state index contributed by atoms with van der Waals surface area (Å²) in [6.45, 7) is 0.584. The fourth-order valence-electron chi connectivity index (χ4n) is 2.31. The van der Waals surface area contributed by atoms with Crippen molar-refractivity contribution in [2.45, 2.75) is 25.7 Å². The standard InChI is InChI=1S/C20H23N3O3/c24-18-12-7-6-11-17(18)15-22-23-19(25)13-5-2-8-14-21-20(26)16-9-3-1-4-10-16/h1,3-4,6-7,9-12,15,24H,2,5,8,13-14H2,(H,21,26)(H,23,25)/b22-15+. The molecule has 6 nitrogen and oxygen atoms in total. The van der Waals surface area contributed by atoms with Gasteiger partial charge in [0.2, 0.25) is 5.91 Å². The number of hydrazone groups is 1. The molecule has 2 amide bonds. The maximum atomic E-state index is 11.8. The lowest BCUT2D eigenvalue weighted by Crippen LogP contribution is -2.24. The molecule has 136 valence electrons. The van der Waals surface area contributed by atoms with Gasteiger partial charge in [-0.3, -0.25) is 9.59 Å². The van der Waals surface area contributed by atoms with Gasteiger partial charge in [0.1, 0.15) is 5.75 Å². The molecule has 0 atom stereocenters. The molecule has 0 saturated heterocycles. The third kappa shape index (κ3) is 6.76. The minimum atomic E-state index is -0.176. The molecule has 0 heterocycles. The summed E-state index contributed by atoms with van der Waals surface area (Å²) in [6, 6.07) is 15.8. The summed E-state index contributed by atoms with van der Waals surface area (Å²) in [4.78, 5) is 23.5. The molecule has 0 aliphatic carbocycles. The molecule has 0 bridgehead atoms. The van der Waals surface area contributed by atoms with Gasteiger partial charge in [-0.05, 0) is 37.1 Å². The third-order valence-electron chi connectivity index (χ3n) is 3.73. The highest BCUT2D eigenvalue weighted by Crippen LogP contribution is 2.12. The first-order chi connectivity index (χ1) is 12.7. The number of benzene rings is 2. The second-order valence-electron chi connectivity index (χ2n) is 5.78. The molecular weight excluding hydrogens is 330 g/mol. The van der Waals surface area contributed by atoms with Crippen LogP contribution in [0.1, 0.15) is 41.6 Å². The van der Waals surface area contributed by atoms with Crippen molar-refractivity contribution >= 4 is 18.0 Å². The van der Waals surface area contributed by atoms with Gasteiger partial charge >= 0.3 is 0 Å². The molecule has 0 fully saturated rings. The van der Waals surface area contributed by atoms with E-state index in [-0.39, 0.29) is 17.6 Å². The number of carbonyl (C=O) groups excluding carboxylic acids is 2. The van der Waals surface area contributed by atoms with Crippen LogP contribution in [0, 0.1) is 0 Å². The zero-order valence-corrected chi connectivity index (χ0v) is 14.5. The van der Waals surface area contributed by atoms with Gasteiger partial charge in [0, 0.05) is 24.1 Å². The number of para-hydroxylation sites is 1. The number of nitrogens with one attached hydrogen (secondary N) is 2. The lowest BCUT2D eigenvalue weighted by atomic mass is 10.2. The normalized spacial score (nSPS) is 10.6. The van der Waals surface area contributed by atoms with Gasteiger partial charge in [0.15, 0.2) is 0 Å². The number of carbonyl (C=O) groups is 2. The summed E-state index contributed by atoms with van der Waals surface area (Å²) in [6.07, 6.45) is 4.15. The molecule has 0 aliphatic heterocycles. The molecular formula is C20H23N3O3. The largest absolute Gasteiger partial charge is 0.507 e. The second-order valence-corrected chi connectivity index (χ2v) is 5.78. The Balaban J connectivity index is 1.55. The van der Waals surface area contributed by atoms with Crippen molar-refractivity contribution in [3.8, 4) is 5.75 Å². The van der Waals surface area contributed by atoms with E-state index in [4.69, 9.17) is 0 Å². The second kappa shape index (κ2) is 10.7. The van der Waals surface area contributed by atoms with E-state index in [1.807, 2.05) is 18.2 Å². The van der Waals surface area contributed by atoms with Gasteiger partial charge in [0.05, 0.1) is 6.21 Å². The lowest BCUT2D eigenvalue weighted by Gasteiger charge is -2.05. The van der Waals surface area contributed by atoms with Crippen LogP contribution < -0.4 is 10.7 Å². The lowest BCUT2D eigenvalue weighted by molar-refractivity contribution is -0.121. The Morgan fingerprint density at radius 2 is 1.69 bits per heavy atom. The molecule has 6 heteroatoms. The summed E-state index contributed by atoms with van der Waals surface area (Å²) in [5, 5.41) is 16.3. The van der Waals surface area contributed by atoms with Crippen LogP contribution in [0.2, 0.25) is 0 Å². The Bertz CT molecular complexity index is 745. The van der Waals surface area contributed by atoms with Crippen molar-refractivity contribution in [3.05, 3.63) is 65.7 Å². The number of rotatable bonds is 9. The van der Waals surface area contributed by atoms with Crippen LogP contribution in [-0.4, -0.2) is 29.7 Å². The fraction of sp³-hybridized carbons (Fsp3) is 0.250. The molecule has 2 aromatic rings. The van der Waals surface area contributed by atoms with E-state index in [1.54, 1.807) is 36.4 Å². The minimum Gasteiger partial charge on any atom is -0.507 e. The smallest absolute Gasteiger partial charge is 0.251 e. The molecule has 2 rings (SSSR count). The van der Waals surface area contributed by atoms with Crippen LogP contribution in [0.4, 0.5) is 0 Å². The van der Waals surface area contributed by atoms with E-state index in [1.165, 1.54) is 6.21 Å². The van der Waals surface area contributed by atoms with Crippen LogP contribution in [0.3, 0.4) is 0 Å². The maximum absolute atomic E-state index is 11.8. The van der Waals surface area contributed by atoms with Crippen molar-refractivity contribution in [1.29, 1.82) is 0 Å². The predicted octanol–water partition coefficient (Wildman–Crippen LogP) is 2.83. The van der Waals surface area contributed by atoms with E-state index in [0.717, 1.165) is 19.3 Å². The van der Waals surface area contributed by atoms with E-state index in [9.17, 15) is 14.7 Å². The molecule has 0 aromatic heterocycles. The summed E-state index contributed by atoms with van der Waals surface area (Å²) < 4.78 is 0. The molecule has 0 saturated carbocycles. The highest BCUT2D eigenvalue weighted by atomic mass is 16.3. The Morgan fingerprint density at radius 3 is 2.46 bits per heavy atom. The minimum absolute atomic E-state index is 0.0816. The van der Waals surface area contributed by atoms with Gasteiger partial charge in [0.25, 0.3) is 5.91 Å². The van der Waals surface area contributed by atoms with E-state index < -0.39 is 0 Å². The molecule has 26 heavy (non-hydrogen) atoms. The van der Waals surface area contributed by atoms with Gasteiger partial charge in [-0.1, -0.05) is 36.8 Å². The van der Waals surface area contributed by atoms with Gasteiger partial charge in [-0.15, -0.1) is 0 Å². The zero-order valence-electron chi connectivity index (χ0n) is 14.5. The Kier molecular flexibility index (Phi) is 7.86. The number of amides is 2. The first-order valence-corrected chi connectivity index (χ1v) is 8.60. The van der Waals surface area contributed by atoms with Crippen molar-refractivity contribution < 1.29 is 14.7 Å². The quantitative estimate of drug-likeness (QED) is 0.368. The van der Waals surface area contributed by atoms with Crippen LogP contribution >= 0.6 is 0 Å². The number of aromatic hydroxyl groups is 1. The first kappa shape index (κ1) is 19.2. The summed E-state index contributed by atoms with van der Waals surface area (Å²) in [5.74, 6) is -0.144. The SMILES string of the molecule is O=C(CCCCCNC(=O)c1ccccc1)N/N=C/c1ccccc1O. The number of phenols is 1. The molecule has 0 aliphatic rings. The molecule has 0 spiro atoms. The average molecular weight is 353 g/mol. The Hall–Kier alpha value is -3.15. The van der Waals surface area contributed by atoms with Crippen molar-refractivity contribution in [2.75, 3.05) is 6.54 Å². The molecule has 0 radical (unpaired) electrons. The number of nitrogens with zero attached hydrogens (tertiary/aromatic N) is 1. The summed E-state index contributed by atoms with van der Waals surface area (Å²) in [5.41, 5.74) is 3.63. The van der Waals surface area contributed by atoms with Crippen molar-refractivity contribution in [1.82, 2.24) is 10.7 Å². The van der Waals surface area contributed by atoms with Crippen LogP contribution in [0.15, 0.2) is 59.7 Å². The summed E-state index contributed by atoms with van der Waals surface area (Å²) in [7, 11) is 0. The zero-order chi connectivity index (χ0) is 18.6. The van der Waals surface area contributed by atoms with Gasteiger partial charge < -0.3 is 10.4 Å². The van der Waals surface area contributed by atoms with Crippen LogP contribution in [0.25, 0.3) is 0 Å². The third-order valence-corrected chi connectivity index (χ3v) is 3.73. The topological polar surface area (TPSA) is 90.8 Å². The first-order valence-electron chi connectivity index (χ1n) is 8.60. The number of phenolic OH excluding ortho intramolecular Hbond substituents is 1. The van der Waals surface area contributed by atoms with E-state index >= 15 is 0 Å². The highest BCUT2D eigenvalue weighted by Gasteiger charge is 2.03. The van der Waals surface area contributed by atoms with Crippen LogP contribution in [-0.2, 0) is 4.79 Å². The maximum Gasteiger partial charge on any atom is 0.251 e. The fourth-order valence-corrected chi connectivity index (χ4v) is 2.31. The monoisotopic (exact) mass is 353 g/mol. The number of hydrogen-bond acceptors (Lipinski definition) is 4. The molecule has 3 N–H and O–H groups in total.